The lowest BCUT2D eigenvalue weighted by molar-refractivity contribution is 0.349. The van der Waals surface area contributed by atoms with E-state index < -0.39 is 0 Å². The first-order chi connectivity index (χ1) is 9.18. The molecule has 7 heteroatoms. The zero-order valence-corrected chi connectivity index (χ0v) is 11.3. The Balaban J connectivity index is 2.07. The predicted octanol–water partition coefficient (Wildman–Crippen LogP) is 1.45. The van der Waals surface area contributed by atoms with E-state index in [9.17, 15) is 0 Å². The molecule has 6 nitrogen and oxygen atoms in total. The summed E-state index contributed by atoms with van der Waals surface area (Å²) in [6, 6.07) is 7.95. The maximum Gasteiger partial charge on any atom is 0.177 e. The maximum absolute atomic E-state index is 6.41. The van der Waals surface area contributed by atoms with Crippen LogP contribution in [-0.2, 0) is 0 Å². The topological polar surface area (TPSA) is 57.5 Å². The van der Waals surface area contributed by atoms with Crippen LogP contribution in [0.1, 0.15) is 11.1 Å². The predicted molar refractivity (Wildman–Crippen MR) is 73.9 cm³/mol. The molecule has 2 heterocycles. The lowest BCUT2D eigenvalue weighted by atomic mass is 10.2. The first-order valence-corrected chi connectivity index (χ1v) is 6.18. The highest BCUT2D eigenvalue weighted by Crippen LogP contribution is 2.23. The van der Waals surface area contributed by atoms with Crippen LogP contribution in [0.4, 0.5) is 0 Å². The van der Waals surface area contributed by atoms with Gasteiger partial charge in [-0.3, -0.25) is 5.01 Å². The number of aryl methyl sites for hydroxylation is 1. The van der Waals surface area contributed by atoms with Crippen LogP contribution in [0, 0.1) is 6.92 Å². The van der Waals surface area contributed by atoms with Gasteiger partial charge in [0.2, 0.25) is 0 Å². The van der Waals surface area contributed by atoms with Crippen molar-refractivity contribution in [1.29, 1.82) is 0 Å². The number of benzene rings is 1. The molecule has 1 aliphatic heterocycles. The third-order valence-electron chi connectivity index (χ3n) is 2.99. The minimum atomic E-state index is 0.533. The van der Waals surface area contributed by atoms with Gasteiger partial charge >= 0.3 is 0 Å². The standard InChI is InChI=1S/C12H13ClN6/c1-8-5-3-4-6-10(8)19-11(13)9(7-14-19)12-15-16-17-18(12)2/h3-7,16-17H,1-2H3. The van der Waals surface area contributed by atoms with Crippen LogP contribution in [0.5, 0.6) is 0 Å². The SMILES string of the molecule is Cc1ccccc1-n1ncc(C2=NNNN2C)c1Cl. The van der Waals surface area contributed by atoms with Crippen LogP contribution in [0.25, 0.3) is 5.69 Å². The Bertz CT molecular complexity index is 647. The lowest BCUT2D eigenvalue weighted by Gasteiger charge is -2.11. The molecular weight excluding hydrogens is 264 g/mol. The Labute approximate surface area is 115 Å². The molecule has 2 N–H and O–H groups in total. The Kier molecular flexibility index (Phi) is 2.88. The number of hydrogen-bond acceptors (Lipinski definition) is 5. The number of halogens is 1. The van der Waals surface area contributed by atoms with E-state index in [4.69, 9.17) is 11.6 Å². The fraction of sp³-hybridized carbons (Fsp3) is 0.167. The maximum atomic E-state index is 6.41. The summed E-state index contributed by atoms with van der Waals surface area (Å²) in [5.74, 6) is 0.699. The molecule has 2 aromatic rings. The summed E-state index contributed by atoms with van der Waals surface area (Å²) >= 11 is 6.41. The highest BCUT2D eigenvalue weighted by atomic mass is 35.5. The zero-order valence-electron chi connectivity index (χ0n) is 10.6. The molecule has 0 radical (unpaired) electrons. The van der Waals surface area contributed by atoms with E-state index in [1.807, 2.05) is 38.2 Å². The average molecular weight is 277 g/mol. The van der Waals surface area contributed by atoms with Gasteiger partial charge in [-0.25, -0.2) is 10.2 Å². The van der Waals surface area contributed by atoms with Crippen LogP contribution >= 0.6 is 11.6 Å². The third kappa shape index (κ3) is 1.94. The van der Waals surface area contributed by atoms with Gasteiger partial charge < -0.3 is 0 Å². The van der Waals surface area contributed by atoms with E-state index in [2.05, 4.69) is 21.3 Å². The number of hydrazine groups is 2. The number of amidine groups is 1. The van der Waals surface area contributed by atoms with E-state index in [0.717, 1.165) is 16.8 Å². The van der Waals surface area contributed by atoms with Gasteiger partial charge in [-0.05, 0) is 18.6 Å². The first kappa shape index (κ1) is 12.0. The molecule has 0 fully saturated rings. The highest BCUT2D eigenvalue weighted by molar-refractivity contribution is 6.33. The van der Waals surface area contributed by atoms with Crippen LogP contribution in [-0.4, -0.2) is 27.7 Å². The van der Waals surface area contributed by atoms with Gasteiger partial charge in [0.05, 0.1) is 17.4 Å². The van der Waals surface area contributed by atoms with Crippen molar-refractivity contribution in [2.45, 2.75) is 6.92 Å². The van der Waals surface area contributed by atoms with Crippen molar-refractivity contribution in [2.24, 2.45) is 5.10 Å². The van der Waals surface area contributed by atoms with Crippen molar-refractivity contribution in [2.75, 3.05) is 7.05 Å². The number of para-hydroxylation sites is 1. The number of hydrazone groups is 1. The van der Waals surface area contributed by atoms with Crippen molar-refractivity contribution >= 4 is 17.4 Å². The summed E-state index contributed by atoms with van der Waals surface area (Å²) in [6.07, 6.45) is 1.71. The van der Waals surface area contributed by atoms with E-state index in [-0.39, 0.29) is 0 Å². The summed E-state index contributed by atoms with van der Waals surface area (Å²) < 4.78 is 1.71. The van der Waals surface area contributed by atoms with E-state index >= 15 is 0 Å². The smallest absolute Gasteiger partial charge is 0.177 e. The molecule has 0 amide bonds. The van der Waals surface area contributed by atoms with Gasteiger partial charge in [-0.2, -0.15) is 5.10 Å². The highest BCUT2D eigenvalue weighted by Gasteiger charge is 2.21. The van der Waals surface area contributed by atoms with Gasteiger partial charge in [-0.1, -0.05) is 29.8 Å². The number of rotatable bonds is 2. The molecule has 1 aromatic carbocycles. The lowest BCUT2D eigenvalue weighted by Crippen LogP contribution is -2.37. The Morgan fingerprint density at radius 2 is 2.05 bits per heavy atom. The molecule has 0 atom stereocenters. The van der Waals surface area contributed by atoms with E-state index in [1.165, 1.54) is 0 Å². The van der Waals surface area contributed by atoms with Crippen LogP contribution in [0.15, 0.2) is 35.6 Å². The summed E-state index contributed by atoms with van der Waals surface area (Å²) in [5, 5.41) is 10.7. The van der Waals surface area contributed by atoms with E-state index in [1.54, 1.807) is 15.9 Å². The summed E-state index contributed by atoms with van der Waals surface area (Å²) in [5.41, 5.74) is 8.35. The van der Waals surface area contributed by atoms with Crippen molar-refractivity contribution in [3.05, 3.63) is 46.7 Å². The Morgan fingerprint density at radius 3 is 2.74 bits per heavy atom. The van der Waals surface area contributed by atoms with Crippen molar-refractivity contribution < 1.29 is 0 Å². The average Bonchev–Trinajstić information content (AvgIpc) is 2.96. The molecule has 3 rings (SSSR count). The molecule has 0 aliphatic carbocycles. The zero-order chi connectivity index (χ0) is 13.4. The molecule has 0 bridgehead atoms. The minimum Gasteiger partial charge on any atom is -0.274 e. The molecule has 0 unspecified atom stereocenters. The van der Waals surface area contributed by atoms with Crippen LogP contribution < -0.4 is 11.1 Å². The van der Waals surface area contributed by atoms with Crippen LogP contribution in [0.3, 0.4) is 0 Å². The van der Waals surface area contributed by atoms with Gasteiger partial charge in [0.25, 0.3) is 0 Å². The summed E-state index contributed by atoms with van der Waals surface area (Å²) in [7, 11) is 1.85. The number of nitrogens with one attached hydrogen (secondary N) is 2. The van der Waals surface area contributed by atoms with Crippen molar-refractivity contribution in [3.8, 4) is 5.69 Å². The van der Waals surface area contributed by atoms with Crippen molar-refractivity contribution in [1.82, 2.24) is 25.9 Å². The van der Waals surface area contributed by atoms with Gasteiger partial charge in [0.15, 0.2) is 5.84 Å². The molecule has 19 heavy (non-hydrogen) atoms. The second kappa shape index (κ2) is 4.56. The number of aromatic nitrogens is 2. The minimum absolute atomic E-state index is 0.533. The third-order valence-corrected chi connectivity index (χ3v) is 3.36. The molecule has 0 saturated heterocycles. The second-order valence-corrected chi connectivity index (χ2v) is 4.62. The van der Waals surface area contributed by atoms with E-state index in [0.29, 0.717) is 11.0 Å². The molecule has 1 aliphatic rings. The number of hydrogen-bond donors (Lipinski definition) is 2. The monoisotopic (exact) mass is 276 g/mol. The fourth-order valence-electron chi connectivity index (χ4n) is 1.97. The molecule has 1 aromatic heterocycles. The molecule has 0 spiro atoms. The first-order valence-electron chi connectivity index (χ1n) is 5.80. The fourth-order valence-corrected chi connectivity index (χ4v) is 2.24. The van der Waals surface area contributed by atoms with Gasteiger partial charge in [0.1, 0.15) is 5.15 Å². The second-order valence-electron chi connectivity index (χ2n) is 4.27. The Hall–Kier alpha value is -2.05. The summed E-state index contributed by atoms with van der Waals surface area (Å²) in [4.78, 5) is 0. The molecule has 0 saturated carbocycles. The molecule has 98 valence electrons. The Morgan fingerprint density at radius 1 is 1.26 bits per heavy atom. The van der Waals surface area contributed by atoms with Crippen molar-refractivity contribution in [3.63, 3.8) is 0 Å². The van der Waals surface area contributed by atoms with Gasteiger partial charge in [-0.15, -0.1) is 10.6 Å². The largest absolute Gasteiger partial charge is 0.274 e. The van der Waals surface area contributed by atoms with Gasteiger partial charge in [0, 0.05) is 7.05 Å². The normalized spacial score (nSPS) is 14.5. The number of nitrogens with zero attached hydrogens (tertiary/aromatic N) is 4. The molecular formula is C12H13ClN6. The quantitative estimate of drug-likeness (QED) is 0.872. The summed E-state index contributed by atoms with van der Waals surface area (Å²) in [6.45, 7) is 2.02. The van der Waals surface area contributed by atoms with Crippen LogP contribution in [0.2, 0.25) is 5.15 Å².